The second-order valence-electron chi connectivity index (χ2n) is 4.04. The zero-order valence-electron chi connectivity index (χ0n) is 10.0. The first-order valence-electron chi connectivity index (χ1n) is 5.74. The molecule has 1 rings (SSSR count). The number of rotatable bonds is 6. The Bertz CT molecular complexity index is 336. The third-order valence-corrected chi connectivity index (χ3v) is 2.64. The molecule has 1 atom stereocenters. The molecule has 0 radical (unpaired) electrons. The van der Waals surface area contributed by atoms with Gasteiger partial charge in [-0.1, -0.05) is 18.2 Å². The van der Waals surface area contributed by atoms with Gasteiger partial charge in [-0.15, -0.1) is 0 Å². The molecule has 88 valence electrons. The number of nitrogens with zero attached hydrogens (tertiary/aromatic N) is 1. The van der Waals surface area contributed by atoms with Gasteiger partial charge in [-0.25, -0.2) is 0 Å². The van der Waals surface area contributed by atoms with E-state index in [1.807, 2.05) is 32.0 Å². The summed E-state index contributed by atoms with van der Waals surface area (Å²) in [6, 6.07) is 8.19. The minimum absolute atomic E-state index is 0.194. The van der Waals surface area contributed by atoms with E-state index in [2.05, 4.69) is 6.07 Å². The molecule has 1 aromatic carbocycles. The summed E-state index contributed by atoms with van der Waals surface area (Å²) in [7, 11) is 0. The lowest BCUT2D eigenvalue weighted by molar-refractivity contribution is -0.107. The first kappa shape index (κ1) is 12.7. The standard InChI is InChI=1S/C13H20N2O/c1-3-15(10-16)13-7-5-4-6-12(13)9-8-11(2)14/h4-7,10-11H,3,8-9,14H2,1-2H3/t11-/m1/s1. The highest BCUT2D eigenvalue weighted by molar-refractivity contribution is 5.76. The molecule has 0 saturated heterocycles. The highest BCUT2D eigenvalue weighted by atomic mass is 16.1. The Morgan fingerprint density at radius 3 is 2.69 bits per heavy atom. The van der Waals surface area contributed by atoms with Crippen molar-refractivity contribution in [2.75, 3.05) is 11.4 Å². The fourth-order valence-corrected chi connectivity index (χ4v) is 1.69. The number of carbonyl (C=O) groups excluding carboxylic acids is 1. The van der Waals surface area contributed by atoms with Crippen molar-refractivity contribution in [1.82, 2.24) is 0 Å². The number of hydrogen-bond acceptors (Lipinski definition) is 2. The first-order chi connectivity index (χ1) is 7.69. The monoisotopic (exact) mass is 220 g/mol. The number of amides is 1. The molecule has 1 aromatic rings. The van der Waals surface area contributed by atoms with Gasteiger partial charge in [0.15, 0.2) is 0 Å². The van der Waals surface area contributed by atoms with Crippen LogP contribution in [0.25, 0.3) is 0 Å². The Hall–Kier alpha value is -1.35. The number of nitrogens with two attached hydrogens (primary N) is 1. The highest BCUT2D eigenvalue weighted by Gasteiger charge is 2.08. The number of benzene rings is 1. The Kier molecular flexibility index (Phi) is 4.99. The summed E-state index contributed by atoms with van der Waals surface area (Å²) in [6.07, 6.45) is 2.73. The van der Waals surface area contributed by atoms with Crippen LogP contribution >= 0.6 is 0 Å². The number of anilines is 1. The van der Waals surface area contributed by atoms with Crippen molar-refractivity contribution in [1.29, 1.82) is 0 Å². The molecule has 3 heteroatoms. The van der Waals surface area contributed by atoms with Crippen molar-refractivity contribution in [2.24, 2.45) is 5.73 Å². The van der Waals surface area contributed by atoms with Crippen molar-refractivity contribution < 1.29 is 4.79 Å². The lowest BCUT2D eigenvalue weighted by Gasteiger charge is -2.19. The maximum atomic E-state index is 10.9. The van der Waals surface area contributed by atoms with Crippen LogP contribution in [0.5, 0.6) is 0 Å². The molecule has 1 amide bonds. The van der Waals surface area contributed by atoms with Gasteiger partial charge in [-0.3, -0.25) is 4.79 Å². The quantitative estimate of drug-likeness (QED) is 0.745. The normalized spacial score (nSPS) is 12.2. The van der Waals surface area contributed by atoms with Crippen molar-refractivity contribution in [3.63, 3.8) is 0 Å². The van der Waals surface area contributed by atoms with Crippen LogP contribution in [-0.2, 0) is 11.2 Å². The Morgan fingerprint density at radius 1 is 1.44 bits per heavy atom. The maximum absolute atomic E-state index is 10.9. The van der Waals surface area contributed by atoms with Crippen LogP contribution in [0.1, 0.15) is 25.8 Å². The van der Waals surface area contributed by atoms with Crippen LogP contribution in [-0.4, -0.2) is 19.0 Å². The second kappa shape index (κ2) is 6.28. The average molecular weight is 220 g/mol. The van der Waals surface area contributed by atoms with Crippen LogP contribution in [0, 0.1) is 0 Å². The largest absolute Gasteiger partial charge is 0.328 e. The van der Waals surface area contributed by atoms with Gasteiger partial charge in [0.25, 0.3) is 0 Å². The molecule has 0 aliphatic heterocycles. The third-order valence-electron chi connectivity index (χ3n) is 2.64. The maximum Gasteiger partial charge on any atom is 0.214 e. The van der Waals surface area contributed by atoms with Gasteiger partial charge in [0.1, 0.15) is 0 Å². The van der Waals surface area contributed by atoms with Gasteiger partial charge in [-0.05, 0) is 38.3 Å². The summed E-state index contributed by atoms with van der Waals surface area (Å²) < 4.78 is 0. The summed E-state index contributed by atoms with van der Waals surface area (Å²) in [4.78, 5) is 12.6. The third kappa shape index (κ3) is 3.35. The molecule has 16 heavy (non-hydrogen) atoms. The number of hydrogen-bond donors (Lipinski definition) is 1. The molecule has 0 bridgehead atoms. The van der Waals surface area contributed by atoms with Gasteiger partial charge >= 0.3 is 0 Å². The molecule has 0 fully saturated rings. The van der Waals surface area contributed by atoms with E-state index in [1.165, 1.54) is 5.56 Å². The summed E-state index contributed by atoms with van der Waals surface area (Å²) in [5.74, 6) is 0. The van der Waals surface area contributed by atoms with Crippen LogP contribution in [0.15, 0.2) is 24.3 Å². The number of aryl methyl sites for hydroxylation is 1. The molecule has 0 heterocycles. The summed E-state index contributed by atoms with van der Waals surface area (Å²) in [5, 5.41) is 0. The van der Waals surface area contributed by atoms with E-state index in [-0.39, 0.29) is 6.04 Å². The Morgan fingerprint density at radius 2 is 2.12 bits per heavy atom. The van der Waals surface area contributed by atoms with Crippen molar-refractivity contribution >= 4 is 12.1 Å². The minimum Gasteiger partial charge on any atom is -0.328 e. The molecule has 0 unspecified atom stereocenters. The van der Waals surface area contributed by atoms with Gasteiger partial charge in [0.2, 0.25) is 6.41 Å². The molecule has 3 nitrogen and oxygen atoms in total. The van der Waals surface area contributed by atoms with Gasteiger partial charge in [0, 0.05) is 18.3 Å². The summed E-state index contributed by atoms with van der Waals surface area (Å²) >= 11 is 0. The van der Waals surface area contributed by atoms with Crippen molar-refractivity contribution in [3.8, 4) is 0 Å². The van der Waals surface area contributed by atoms with Crippen LogP contribution in [0.3, 0.4) is 0 Å². The lowest BCUT2D eigenvalue weighted by atomic mass is 10.0. The van der Waals surface area contributed by atoms with E-state index in [9.17, 15) is 4.79 Å². The molecule has 0 aromatic heterocycles. The number of carbonyl (C=O) groups is 1. The lowest BCUT2D eigenvalue weighted by Crippen LogP contribution is -2.22. The summed E-state index contributed by atoms with van der Waals surface area (Å²) in [6.45, 7) is 4.66. The molecular formula is C13H20N2O. The van der Waals surface area contributed by atoms with Crippen LogP contribution in [0.4, 0.5) is 5.69 Å². The fourth-order valence-electron chi connectivity index (χ4n) is 1.69. The average Bonchev–Trinajstić information content (AvgIpc) is 2.29. The Labute approximate surface area is 97.2 Å². The van der Waals surface area contributed by atoms with Crippen molar-refractivity contribution in [2.45, 2.75) is 32.7 Å². The molecule has 0 saturated carbocycles. The van der Waals surface area contributed by atoms with E-state index in [0.29, 0.717) is 6.54 Å². The predicted octanol–water partition coefficient (Wildman–Crippen LogP) is 1.95. The molecular weight excluding hydrogens is 200 g/mol. The van der Waals surface area contributed by atoms with E-state index >= 15 is 0 Å². The van der Waals surface area contributed by atoms with Crippen molar-refractivity contribution in [3.05, 3.63) is 29.8 Å². The molecule has 0 aliphatic carbocycles. The van der Waals surface area contributed by atoms with E-state index in [4.69, 9.17) is 5.73 Å². The zero-order valence-corrected chi connectivity index (χ0v) is 10.0. The smallest absolute Gasteiger partial charge is 0.214 e. The van der Waals surface area contributed by atoms with Crippen LogP contribution < -0.4 is 10.6 Å². The first-order valence-corrected chi connectivity index (χ1v) is 5.74. The second-order valence-corrected chi connectivity index (χ2v) is 4.04. The topological polar surface area (TPSA) is 46.3 Å². The van der Waals surface area contributed by atoms with E-state index in [0.717, 1.165) is 24.9 Å². The summed E-state index contributed by atoms with van der Waals surface area (Å²) in [5.41, 5.74) is 7.94. The van der Waals surface area contributed by atoms with E-state index < -0.39 is 0 Å². The van der Waals surface area contributed by atoms with E-state index in [1.54, 1.807) is 4.90 Å². The van der Waals surface area contributed by atoms with Gasteiger partial charge in [-0.2, -0.15) is 0 Å². The van der Waals surface area contributed by atoms with Crippen LogP contribution in [0.2, 0.25) is 0 Å². The fraction of sp³-hybridized carbons (Fsp3) is 0.462. The van der Waals surface area contributed by atoms with Gasteiger partial charge < -0.3 is 10.6 Å². The highest BCUT2D eigenvalue weighted by Crippen LogP contribution is 2.20. The van der Waals surface area contributed by atoms with Gasteiger partial charge in [0.05, 0.1) is 0 Å². The zero-order chi connectivity index (χ0) is 12.0. The number of para-hydroxylation sites is 1. The minimum atomic E-state index is 0.194. The molecule has 2 N–H and O–H groups in total. The molecule has 0 aliphatic rings. The predicted molar refractivity (Wildman–Crippen MR) is 67.5 cm³/mol. The SMILES string of the molecule is CCN(C=O)c1ccccc1CC[C@@H](C)N. The molecule has 0 spiro atoms. The Balaban J connectivity index is 2.86.